The van der Waals surface area contributed by atoms with Crippen LogP contribution in [0.25, 0.3) is 11.2 Å². The molecule has 148 valence electrons. The van der Waals surface area contributed by atoms with Crippen molar-refractivity contribution in [3.05, 3.63) is 51.3 Å². The Morgan fingerprint density at radius 3 is 2.71 bits per heavy atom. The van der Waals surface area contributed by atoms with E-state index in [0.717, 1.165) is 11.0 Å². The molecule has 3 rings (SSSR count). The second-order valence-electron chi connectivity index (χ2n) is 6.22. The first-order valence-electron chi connectivity index (χ1n) is 8.72. The molecule has 3 amide bonds. The van der Waals surface area contributed by atoms with Crippen LogP contribution >= 0.6 is 0 Å². The Labute approximate surface area is 158 Å². The van der Waals surface area contributed by atoms with Crippen molar-refractivity contribution in [1.82, 2.24) is 24.0 Å². The number of carbonyl (C=O) groups is 2. The van der Waals surface area contributed by atoms with Crippen LogP contribution in [-0.4, -0.2) is 30.6 Å². The van der Waals surface area contributed by atoms with Gasteiger partial charge in [0.05, 0.1) is 19.1 Å². The fourth-order valence-electron chi connectivity index (χ4n) is 2.91. The zero-order valence-electron chi connectivity index (χ0n) is 15.3. The van der Waals surface area contributed by atoms with Gasteiger partial charge in [-0.1, -0.05) is 13.3 Å². The highest BCUT2D eigenvalue weighted by atomic mass is 16.3. The molecule has 0 bridgehead atoms. The van der Waals surface area contributed by atoms with E-state index < -0.39 is 29.7 Å². The molecule has 0 spiro atoms. The molecular formula is C17H20N6O5. The van der Waals surface area contributed by atoms with Gasteiger partial charge in [-0.25, -0.2) is 19.1 Å². The smallest absolute Gasteiger partial charge is 0.333 e. The number of aromatic nitrogens is 4. The number of urea groups is 1. The first-order valence-corrected chi connectivity index (χ1v) is 8.72. The molecule has 0 aliphatic heterocycles. The number of hydrogen-bond donors (Lipinski definition) is 2. The molecule has 0 saturated carbocycles. The number of unbranched alkanes of at least 4 members (excludes halogenated alkanes) is 1. The summed E-state index contributed by atoms with van der Waals surface area (Å²) in [7, 11) is 0. The number of furan rings is 1. The summed E-state index contributed by atoms with van der Waals surface area (Å²) in [5.74, 6) is -0.256. The largest absolute Gasteiger partial charge is 0.467 e. The van der Waals surface area contributed by atoms with E-state index in [-0.39, 0.29) is 17.7 Å². The van der Waals surface area contributed by atoms with Crippen LogP contribution in [0.5, 0.6) is 0 Å². The lowest BCUT2D eigenvalue weighted by Crippen LogP contribution is -2.46. The molecule has 0 unspecified atom stereocenters. The number of fused-ring (bicyclic) bond motifs is 1. The number of hydrogen-bond acceptors (Lipinski definition) is 6. The quantitative estimate of drug-likeness (QED) is 0.582. The van der Waals surface area contributed by atoms with Crippen LogP contribution in [0.1, 0.15) is 25.5 Å². The lowest BCUT2D eigenvalue weighted by molar-refractivity contribution is -0.120. The summed E-state index contributed by atoms with van der Waals surface area (Å²) in [6.07, 6.45) is 4.47. The number of imide groups is 1. The van der Waals surface area contributed by atoms with Gasteiger partial charge >= 0.3 is 11.7 Å². The normalized spacial score (nSPS) is 11.0. The lowest BCUT2D eigenvalue weighted by atomic mass is 10.3. The molecule has 0 aliphatic rings. The number of primary amides is 1. The summed E-state index contributed by atoms with van der Waals surface area (Å²) < 4.78 is 9.00. The molecule has 11 heteroatoms. The Morgan fingerprint density at radius 1 is 1.29 bits per heavy atom. The fourth-order valence-corrected chi connectivity index (χ4v) is 2.91. The van der Waals surface area contributed by atoms with Gasteiger partial charge in [-0.15, -0.1) is 0 Å². The highest BCUT2D eigenvalue weighted by molar-refractivity contribution is 5.93. The van der Waals surface area contributed by atoms with Gasteiger partial charge in [0.25, 0.3) is 5.56 Å². The highest BCUT2D eigenvalue weighted by Crippen LogP contribution is 2.11. The number of rotatable bonds is 7. The maximum atomic E-state index is 13.0. The minimum atomic E-state index is -1.06. The molecule has 3 heterocycles. The maximum Gasteiger partial charge on any atom is 0.333 e. The highest BCUT2D eigenvalue weighted by Gasteiger charge is 2.20. The van der Waals surface area contributed by atoms with Crippen LogP contribution in [0.15, 0.2) is 38.7 Å². The van der Waals surface area contributed by atoms with E-state index in [2.05, 4.69) is 4.98 Å². The van der Waals surface area contributed by atoms with Gasteiger partial charge in [-0.3, -0.25) is 19.5 Å². The Bertz CT molecular complexity index is 1120. The molecule has 0 atom stereocenters. The van der Waals surface area contributed by atoms with Gasteiger partial charge in [0.1, 0.15) is 12.3 Å². The average molecular weight is 388 g/mol. The number of amides is 3. The first-order chi connectivity index (χ1) is 13.4. The molecule has 3 N–H and O–H groups in total. The second-order valence-corrected chi connectivity index (χ2v) is 6.22. The van der Waals surface area contributed by atoms with E-state index in [1.165, 1.54) is 17.2 Å². The number of carbonyl (C=O) groups excluding carboxylic acids is 2. The number of nitrogens with zero attached hydrogens (tertiary/aromatic N) is 4. The maximum absolute atomic E-state index is 13.0. The van der Waals surface area contributed by atoms with E-state index in [4.69, 9.17) is 10.2 Å². The molecule has 11 nitrogen and oxygen atoms in total. The lowest BCUT2D eigenvalue weighted by Gasteiger charge is -2.11. The minimum absolute atomic E-state index is 0.166. The SMILES string of the molecule is CCCCn1c(=O)n(CC(=O)NC(N)=O)c(=O)c2c1ncn2Cc1ccco1. The summed E-state index contributed by atoms with van der Waals surface area (Å²) in [4.78, 5) is 52.8. The molecule has 0 radical (unpaired) electrons. The topological polar surface area (TPSA) is 147 Å². The van der Waals surface area contributed by atoms with Gasteiger partial charge in [-0.05, 0) is 18.6 Å². The molecular weight excluding hydrogens is 368 g/mol. The zero-order valence-corrected chi connectivity index (χ0v) is 15.3. The van der Waals surface area contributed by atoms with Crippen molar-refractivity contribution in [2.75, 3.05) is 0 Å². The third-order valence-corrected chi connectivity index (χ3v) is 4.19. The van der Waals surface area contributed by atoms with Crippen molar-refractivity contribution < 1.29 is 14.0 Å². The third-order valence-electron chi connectivity index (χ3n) is 4.19. The van der Waals surface area contributed by atoms with Crippen LogP contribution in [0, 0.1) is 0 Å². The molecule has 3 aromatic heterocycles. The van der Waals surface area contributed by atoms with Crippen molar-refractivity contribution in [3.63, 3.8) is 0 Å². The predicted octanol–water partition coefficient (Wildman–Crippen LogP) is -0.00400. The van der Waals surface area contributed by atoms with E-state index in [1.807, 2.05) is 12.2 Å². The van der Waals surface area contributed by atoms with Crippen LogP contribution in [0.4, 0.5) is 4.79 Å². The molecule has 0 saturated heterocycles. The van der Waals surface area contributed by atoms with Gasteiger partial charge in [0.2, 0.25) is 5.91 Å². The summed E-state index contributed by atoms with van der Waals surface area (Å²) in [6.45, 7) is 1.90. The number of aryl methyl sites for hydroxylation is 1. The predicted molar refractivity (Wildman–Crippen MR) is 98.7 cm³/mol. The standard InChI is InChI=1S/C17H20N6O5/c1-2-3-6-22-14-13(21(10-19-14)8-11-5-4-7-28-11)15(25)23(17(22)27)9-12(24)20-16(18)26/h4-5,7,10H,2-3,6,8-9H2,1H3,(H3,18,20,24,26). The van der Waals surface area contributed by atoms with Gasteiger partial charge in [-0.2, -0.15) is 0 Å². The zero-order chi connectivity index (χ0) is 20.3. The van der Waals surface area contributed by atoms with Gasteiger partial charge in [0.15, 0.2) is 11.2 Å². The van der Waals surface area contributed by atoms with Crippen LogP contribution in [0.3, 0.4) is 0 Å². The number of nitrogens with two attached hydrogens (primary N) is 1. The Balaban J connectivity index is 2.15. The van der Waals surface area contributed by atoms with Crippen LogP contribution in [0.2, 0.25) is 0 Å². The van der Waals surface area contributed by atoms with E-state index >= 15 is 0 Å². The molecule has 0 fully saturated rings. The fraction of sp³-hybridized carbons (Fsp3) is 0.353. The second kappa shape index (κ2) is 7.94. The third kappa shape index (κ3) is 3.72. The monoisotopic (exact) mass is 388 g/mol. The Kier molecular flexibility index (Phi) is 5.43. The van der Waals surface area contributed by atoms with Crippen LogP contribution < -0.4 is 22.3 Å². The van der Waals surface area contributed by atoms with E-state index in [9.17, 15) is 19.2 Å². The van der Waals surface area contributed by atoms with Crippen molar-refractivity contribution >= 4 is 23.1 Å². The van der Waals surface area contributed by atoms with Crippen molar-refractivity contribution in [2.45, 2.75) is 39.4 Å². The number of imidazole rings is 1. The van der Waals surface area contributed by atoms with E-state index in [1.54, 1.807) is 16.7 Å². The van der Waals surface area contributed by atoms with E-state index in [0.29, 0.717) is 18.7 Å². The van der Waals surface area contributed by atoms with Gasteiger partial charge in [0, 0.05) is 6.54 Å². The van der Waals surface area contributed by atoms with Crippen molar-refractivity contribution in [3.8, 4) is 0 Å². The van der Waals surface area contributed by atoms with Crippen molar-refractivity contribution in [1.29, 1.82) is 0 Å². The molecule has 3 aromatic rings. The average Bonchev–Trinajstić information content (AvgIpc) is 3.29. The molecule has 28 heavy (non-hydrogen) atoms. The molecule has 0 aliphatic carbocycles. The summed E-state index contributed by atoms with van der Waals surface area (Å²) in [5, 5.41) is 1.86. The Morgan fingerprint density at radius 2 is 2.07 bits per heavy atom. The first kappa shape index (κ1) is 19.1. The van der Waals surface area contributed by atoms with Crippen LogP contribution in [-0.2, 0) is 24.4 Å². The van der Waals surface area contributed by atoms with Crippen molar-refractivity contribution in [2.24, 2.45) is 5.73 Å². The molecule has 0 aromatic carbocycles. The summed E-state index contributed by atoms with van der Waals surface area (Å²) >= 11 is 0. The summed E-state index contributed by atoms with van der Waals surface area (Å²) in [5.41, 5.74) is 3.97. The number of nitrogens with one attached hydrogen (secondary N) is 1. The Hall–Kier alpha value is -3.63. The van der Waals surface area contributed by atoms with Gasteiger partial charge < -0.3 is 14.7 Å². The summed E-state index contributed by atoms with van der Waals surface area (Å²) in [6, 6.07) is 2.41. The minimum Gasteiger partial charge on any atom is -0.467 e.